The third-order valence-electron chi connectivity index (χ3n) is 13.0. The third kappa shape index (κ3) is 55.9. The van der Waals surface area contributed by atoms with Crippen LogP contribution in [0.5, 0.6) is 0 Å². The molecule has 0 N–H and O–H groups in total. The minimum atomic E-state index is -0.783. The summed E-state index contributed by atoms with van der Waals surface area (Å²) in [7, 11) is 0. The standard InChI is InChI=1S/C63H112O6/c1-4-7-10-13-16-19-22-25-28-30-31-33-36-38-41-44-47-50-53-56-62(65)68-59-60(69-63(66)57-54-51-48-45-42-39-34-27-24-21-18-15-12-9-6-3)58-67-61(64)55-52-49-46-43-40-37-35-32-29-26-23-20-17-14-11-8-5-2/h8,11,17,20,25-26,28-29,35,37,60H,4-7,9-10,12-16,18-19,21-24,27,30-34,36,38-59H2,1-3H3/b11-8-,20-17-,28-25-,29-26-,37-35-/t60-/m1/s1. The number of unbranched alkanes of at least 4 members (excludes halogenated alkanes) is 33. The van der Waals surface area contributed by atoms with E-state index in [0.717, 1.165) is 96.3 Å². The summed E-state index contributed by atoms with van der Waals surface area (Å²) < 4.78 is 16.9. The molecule has 0 fully saturated rings. The van der Waals surface area contributed by atoms with Gasteiger partial charge in [-0.3, -0.25) is 14.4 Å². The Balaban J connectivity index is 4.38. The second kappa shape index (κ2) is 57.7. The molecule has 0 aromatic heterocycles. The maximum absolute atomic E-state index is 12.9. The fourth-order valence-corrected chi connectivity index (χ4v) is 8.55. The first-order valence-corrected chi connectivity index (χ1v) is 29.8. The van der Waals surface area contributed by atoms with Crippen molar-refractivity contribution < 1.29 is 28.6 Å². The normalized spacial score (nSPS) is 12.4. The van der Waals surface area contributed by atoms with Crippen molar-refractivity contribution in [1.82, 2.24) is 0 Å². The molecule has 1 atom stereocenters. The predicted molar refractivity (Wildman–Crippen MR) is 298 cm³/mol. The van der Waals surface area contributed by atoms with Gasteiger partial charge in [0.1, 0.15) is 13.2 Å². The van der Waals surface area contributed by atoms with E-state index in [1.807, 2.05) is 0 Å². The highest BCUT2D eigenvalue weighted by Gasteiger charge is 2.19. The second-order valence-corrected chi connectivity index (χ2v) is 19.9. The summed E-state index contributed by atoms with van der Waals surface area (Å²) >= 11 is 0. The first-order valence-electron chi connectivity index (χ1n) is 29.8. The Labute approximate surface area is 428 Å². The smallest absolute Gasteiger partial charge is 0.306 e. The lowest BCUT2D eigenvalue weighted by Gasteiger charge is -2.18. The lowest BCUT2D eigenvalue weighted by atomic mass is 10.0. The number of hydrogen-bond donors (Lipinski definition) is 0. The second-order valence-electron chi connectivity index (χ2n) is 19.9. The molecule has 0 aliphatic carbocycles. The zero-order valence-corrected chi connectivity index (χ0v) is 45.8. The topological polar surface area (TPSA) is 78.9 Å². The highest BCUT2D eigenvalue weighted by Crippen LogP contribution is 2.16. The molecular formula is C63H112O6. The van der Waals surface area contributed by atoms with E-state index in [0.29, 0.717) is 19.3 Å². The van der Waals surface area contributed by atoms with Gasteiger partial charge in [0.15, 0.2) is 6.10 Å². The van der Waals surface area contributed by atoms with Crippen LogP contribution in [-0.4, -0.2) is 37.2 Å². The van der Waals surface area contributed by atoms with Crippen LogP contribution in [0.15, 0.2) is 60.8 Å². The van der Waals surface area contributed by atoms with Crippen LogP contribution in [0.4, 0.5) is 0 Å². The van der Waals surface area contributed by atoms with Crippen LogP contribution >= 0.6 is 0 Å². The molecule has 0 unspecified atom stereocenters. The minimum Gasteiger partial charge on any atom is -0.462 e. The molecule has 69 heavy (non-hydrogen) atoms. The summed E-state index contributed by atoms with van der Waals surface area (Å²) in [4.78, 5) is 38.2. The molecular weight excluding hydrogens is 853 g/mol. The highest BCUT2D eigenvalue weighted by atomic mass is 16.6. The van der Waals surface area contributed by atoms with Crippen LogP contribution in [0, 0.1) is 0 Å². The number of hydrogen-bond acceptors (Lipinski definition) is 6. The third-order valence-corrected chi connectivity index (χ3v) is 13.0. The van der Waals surface area contributed by atoms with Crippen molar-refractivity contribution in [2.45, 2.75) is 309 Å². The quantitative estimate of drug-likeness (QED) is 0.0262. The molecule has 6 heteroatoms. The summed E-state index contributed by atoms with van der Waals surface area (Å²) in [5.74, 6) is -0.892. The van der Waals surface area contributed by atoms with Crippen LogP contribution in [0.2, 0.25) is 0 Å². The number of carbonyl (C=O) groups is 3. The molecule has 0 aliphatic heterocycles. The van der Waals surface area contributed by atoms with E-state index >= 15 is 0 Å². The monoisotopic (exact) mass is 965 g/mol. The van der Waals surface area contributed by atoms with Gasteiger partial charge in [-0.05, 0) is 83.5 Å². The van der Waals surface area contributed by atoms with Gasteiger partial charge in [-0.25, -0.2) is 0 Å². The fourth-order valence-electron chi connectivity index (χ4n) is 8.55. The van der Waals surface area contributed by atoms with Crippen LogP contribution in [0.1, 0.15) is 303 Å². The first kappa shape index (κ1) is 66.1. The van der Waals surface area contributed by atoms with Crippen LogP contribution in [0.3, 0.4) is 0 Å². The van der Waals surface area contributed by atoms with Gasteiger partial charge in [0.25, 0.3) is 0 Å². The number of esters is 3. The van der Waals surface area contributed by atoms with E-state index in [2.05, 4.69) is 81.5 Å². The molecule has 400 valence electrons. The summed E-state index contributed by atoms with van der Waals surface area (Å²) in [5, 5.41) is 0. The van der Waals surface area contributed by atoms with Gasteiger partial charge in [-0.15, -0.1) is 0 Å². The Bertz CT molecular complexity index is 1250. The van der Waals surface area contributed by atoms with Crippen LogP contribution in [0.25, 0.3) is 0 Å². The summed E-state index contributed by atoms with van der Waals surface area (Å²) in [6.45, 7) is 6.54. The SMILES string of the molecule is CC/C=C\C/C=C\C/C=C\C/C=C\CCCCCCC(=O)OC[C@H](COC(=O)CCCCCCCCCCC/C=C\CCCCCCCC)OC(=O)CCCCCCCCCCCCCCCCC. The summed E-state index contributed by atoms with van der Waals surface area (Å²) in [5.41, 5.74) is 0. The van der Waals surface area contributed by atoms with Crippen molar-refractivity contribution in [3.63, 3.8) is 0 Å². The van der Waals surface area contributed by atoms with Crippen LogP contribution < -0.4 is 0 Å². The summed E-state index contributed by atoms with van der Waals surface area (Å²) in [6.07, 6.45) is 72.1. The Morgan fingerprint density at radius 2 is 0.565 bits per heavy atom. The van der Waals surface area contributed by atoms with Crippen molar-refractivity contribution in [2.24, 2.45) is 0 Å². The lowest BCUT2D eigenvalue weighted by molar-refractivity contribution is -0.167. The average molecular weight is 966 g/mol. The van der Waals surface area contributed by atoms with E-state index in [1.165, 1.54) is 167 Å². The van der Waals surface area contributed by atoms with E-state index < -0.39 is 6.10 Å². The zero-order valence-electron chi connectivity index (χ0n) is 45.8. The molecule has 0 aromatic rings. The molecule has 0 radical (unpaired) electrons. The van der Waals surface area contributed by atoms with Gasteiger partial charge >= 0.3 is 17.9 Å². The molecule has 0 heterocycles. The van der Waals surface area contributed by atoms with Crippen molar-refractivity contribution in [1.29, 1.82) is 0 Å². The molecule has 0 saturated heterocycles. The minimum absolute atomic E-state index is 0.0804. The first-order chi connectivity index (χ1) is 34.0. The van der Waals surface area contributed by atoms with Gasteiger partial charge in [-0.1, -0.05) is 261 Å². The van der Waals surface area contributed by atoms with Crippen molar-refractivity contribution in [3.8, 4) is 0 Å². The molecule has 0 bridgehead atoms. The molecule has 0 aliphatic rings. The fraction of sp³-hybridized carbons (Fsp3) is 0.794. The molecule has 0 saturated carbocycles. The van der Waals surface area contributed by atoms with E-state index in [9.17, 15) is 14.4 Å². The van der Waals surface area contributed by atoms with Crippen molar-refractivity contribution in [3.05, 3.63) is 60.8 Å². The van der Waals surface area contributed by atoms with E-state index in [-0.39, 0.29) is 31.1 Å². The predicted octanol–water partition coefficient (Wildman–Crippen LogP) is 20.0. The maximum Gasteiger partial charge on any atom is 0.306 e. The molecule has 0 rings (SSSR count). The largest absolute Gasteiger partial charge is 0.462 e. The van der Waals surface area contributed by atoms with E-state index in [1.54, 1.807) is 0 Å². The van der Waals surface area contributed by atoms with E-state index in [4.69, 9.17) is 14.2 Å². The number of rotatable bonds is 54. The number of ether oxygens (including phenoxy) is 3. The van der Waals surface area contributed by atoms with Crippen molar-refractivity contribution >= 4 is 17.9 Å². The Morgan fingerprint density at radius 3 is 0.899 bits per heavy atom. The lowest BCUT2D eigenvalue weighted by Crippen LogP contribution is -2.30. The average Bonchev–Trinajstić information content (AvgIpc) is 3.35. The highest BCUT2D eigenvalue weighted by molar-refractivity contribution is 5.71. The summed E-state index contributed by atoms with van der Waals surface area (Å²) in [6, 6.07) is 0. The van der Waals surface area contributed by atoms with Crippen LogP contribution in [-0.2, 0) is 28.6 Å². The Morgan fingerprint density at radius 1 is 0.304 bits per heavy atom. The zero-order chi connectivity index (χ0) is 50.0. The van der Waals surface area contributed by atoms with Gasteiger partial charge in [0, 0.05) is 19.3 Å². The maximum atomic E-state index is 12.9. The molecule has 6 nitrogen and oxygen atoms in total. The number of allylic oxidation sites excluding steroid dienone is 10. The molecule has 0 amide bonds. The van der Waals surface area contributed by atoms with Gasteiger partial charge in [-0.2, -0.15) is 0 Å². The Kier molecular flexibility index (Phi) is 55.3. The van der Waals surface area contributed by atoms with Crippen molar-refractivity contribution in [2.75, 3.05) is 13.2 Å². The van der Waals surface area contributed by atoms with Gasteiger partial charge in [0.2, 0.25) is 0 Å². The number of carbonyl (C=O) groups excluding carboxylic acids is 3. The molecule has 0 spiro atoms. The van der Waals surface area contributed by atoms with Gasteiger partial charge in [0.05, 0.1) is 0 Å². The van der Waals surface area contributed by atoms with Gasteiger partial charge < -0.3 is 14.2 Å². The molecule has 0 aromatic carbocycles. The Hall–Kier alpha value is -2.89.